The molecule has 3 aromatic rings. The molecule has 0 spiro atoms. The van der Waals surface area contributed by atoms with Crippen LogP contribution >= 0.6 is 39.9 Å². The van der Waals surface area contributed by atoms with E-state index in [1.807, 2.05) is 24.3 Å². The Morgan fingerprint density at radius 3 is 2.71 bits per heavy atom. The van der Waals surface area contributed by atoms with Crippen molar-refractivity contribution in [3.63, 3.8) is 0 Å². The normalized spacial score (nSPS) is 15.3. The van der Waals surface area contributed by atoms with Gasteiger partial charge in [0.05, 0.1) is 30.3 Å². The third kappa shape index (κ3) is 5.48. The molecule has 35 heavy (non-hydrogen) atoms. The molecule has 1 aromatic heterocycles. The fourth-order valence-corrected chi connectivity index (χ4v) is 5.35. The predicted octanol–water partition coefficient (Wildman–Crippen LogP) is 2.20. The number of carbonyl (C=O) groups is 2. The number of rotatable bonds is 6. The Morgan fingerprint density at radius 1 is 1.26 bits per heavy atom. The molecule has 3 N–H and O–H groups in total. The molecule has 0 saturated carbocycles. The van der Waals surface area contributed by atoms with E-state index in [2.05, 4.69) is 37.2 Å². The van der Waals surface area contributed by atoms with Gasteiger partial charge in [0.1, 0.15) is 16.9 Å². The van der Waals surface area contributed by atoms with Crippen molar-refractivity contribution >= 4 is 67.7 Å². The van der Waals surface area contributed by atoms with Crippen LogP contribution in [0.5, 0.6) is 5.75 Å². The smallest absolute Gasteiger partial charge is 0.280 e. The molecule has 1 atom stereocenters. The van der Waals surface area contributed by atoms with Gasteiger partial charge in [-0.3, -0.25) is 30.1 Å². The number of amides is 2. The summed E-state index contributed by atoms with van der Waals surface area (Å²) < 4.78 is 7.01. The van der Waals surface area contributed by atoms with Crippen LogP contribution in [-0.2, 0) is 9.59 Å². The van der Waals surface area contributed by atoms with Gasteiger partial charge in [0, 0.05) is 4.47 Å². The summed E-state index contributed by atoms with van der Waals surface area (Å²) >= 11 is 10.2. The number of hydrazine groups is 1. The number of methoxy groups -OCH3 is 1. The third-order valence-corrected chi connectivity index (χ3v) is 7.17. The number of carbonyl (C=O) groups excluding carboxylic acids is 2. The fourth-order valence-electron chi connectivity index (χ4n) is 3.48. The number of hydrogen-bond donors (Lipinski definition) is 3. The summed E-state index contributed by atoms with van der Waals surface area (Å²) in [6.45, 7) is 1.41. The van der Waals surface area contributed by atoms with Crippen molar-refractivity contribution in [2.24, 2.45) is 0 Å². The lowest BCUT2D eigenvalue weighted by atomic mass is 10.2. The van der Waals surface area contributed by atoms with Gasteiger partial charge in [-0.25, -0.2) is 15.1 Å². The molecule has 0 radical (unpaired) electrons. The van der Waals surface area contributed by atoms with E-state index in [0.717, 1.165) is 14.7 Å². The maximum absolute atomic E-state index is 12.8. The molecule has 4 rings (SSSR count). The maximum atomic E-state index is 12.8. The maximum Gasteiger partial charge on any atom is 0.280 e. The Bertz CT molecular complexity index is 1360. The average Bonchev–Trinajstić information content (AvgIpc) is 3.23. The van der Waals surface area contributed by atoms with Gasteiger partial charge in [0.15, 0.2) is 5.11 Å². The molecule has 13 heteroatoms. The Balaban J connectivity index is 1.38. The molecule has 1 unspecified atom stereocenters. The van der Waals surface area contributed by atoms with Crippen LogP contribution < -0.4 is 26.6 Å². The molecule has 2 amide bonds. The van der Waals surface area contributed by atoms with Crippen LogP contribution in [0.3, 0.4) is 0 Å². The predicted molar refractivity (Wildman–Crippen MR) is 142 cm³/mol. The van der Waals surface area contributed by atoms with E-state index in [1.54, 1.807) is 32.2 Å². The van der Waals surface area contributed by atoms with Crippen molar-refractivity contribution in [2.45, 2.75) is 12.3 Å². The number of halogens is 1. The van der Waals surface area contributed by atoms with Crippen LogP contribution in [0.1, 0.15) is 16.8 Å². The largest absolute Gasteiger partial charge is 0.497 e. The first kappa shape index (κ1) is 25.1. The van der Waals surface area contributed by atoms with Crippen molar-refractivity contribution in [1.82, 2.24) is 25.4 Å². The topological polar surface area (TPSA) is 118 Å². The van der Waals surface area contributed by atoms with Crippen LogP contribution in [0.2, 0.25) is 0 Å². The van der Waals surface area contributed by atoms with Crippen LogP contribution in [0.25, 0.3) is 10.9 Å². The number of nitrogens with one attached hydrogen (secondary N) is 3. The SMILES string of the molecule is COc1ccc(C2SCC(=O)N2C(=S)NNCC(=O)Nn2c(C)nc3ccc(Br)cc3c2=O)cc1. The zero-order valence-electron chi connectivity index (χ0n) is 18.7. The Labute approximate surface area is 218 Å². The van der Waals surface area contributed by atoms with Crippen LogP contribution in [0, 0.1) is 6.92 Å². The number of nitrogens with zero attached hydrogens (tertiary/aromatic N) is 3. The fraction of sp³-hybridized carbons (Fsp3) is 0.227. The second kappa shape index (κ2) is 10.7. The zero-order valence-corrected chi connectivity index (χ0v) is 21.9. The summed E-state index contributed by atoms with van der Waals surface area (Å²) in [6, 6.07) is 12.6. The van der Waals surface area contributed by atoms with Gasteiger partial charge in [0.2, 0.25) is 5.91 Å². The Hall–Kier alpha value is -3.00. The van der Waals surface area contributed by atoms with Gasteiger partial charge in [-0.05, 0) is 55.0 Å². The van der Waals surface area contributed by atoms with Gasteiger partial charge in [-0.15, -0.1) is 11.8 Å². The molecule has 2 aromatic carbocycles. The monoisotopic (exact) mass is 576 g/mol. The summed E-state index contributed by atoms with van der Waals surface area (Å²) in [5.74, 6) is 0.688. The molecule has 182 valence electrons. The second-order valence-corrected chi connectivity index (χ2v) is 9.85. The molecule has 1 fully saturated rings. The van der Waals surface area contributed by atoms with E-state index >= 15 is 0 Å². The van der Waals surface area contributed by atoms with Gasteiger partial charge in [-0.1, -0.05) is 28.1 Å². The molecule has 1 aliphatic heterocycles. The summed E-state index contributed by atoms with van der Waals surface area (Å²) in [4.78, 5) is 43.6. The van der Waals surface area contributed by atoms with Gasteiger partial charge >= 0.3 is 0 Å². The number of fused-ring (bicyclic) bond motifs is 1. The molecule has 10 nitrogen and oxygen atoms in total. The Kier molecular flexibility index (Phi) is 7.69. The van der Waals surface area contributed by atoms with E-state index in [0.29, 0.717) is 22.5 Å². The minimum atomic E-state index is -0.504. The first-order valence-electron chi connectivity index (χ1n) is 10.4. The van der Waals surface area contributed by atoms with E-state index in [9.17, 15) is 14.4 Å². The highest BCUT2D eigenvalue weighted by Crippen LogP contribution is 2.39. The lowest BCUT2D eigenvalue weighted by Gasteiger charge is -2.25. The Morgan fingerprint density at radius 2 is 2.00 bits per heavy atom. The van der Waals surface area contributed by atoms with Crippen LogP contribution in [-0.4, -0.2) is 50.9 Å². The first-order chi connectivity index (χ1) is 16.8. The van der Waals surface area contributed by atoms with Crippen molar-refractivity contribution in [3.8, 4) is 5.75 Å². The molecular formula is C22H21BrN6O4S2. The van der Waals surface area contributed by atoms with Crippen molar-refractivity contribution in [2.75, 3.05) is 24.8 Å². The average molecular weight is 577 g/mol. The van der Waals surface area contributed by atoms with Gasteiger partial charge in [-0.2, -0.15) is 0 Å². The molecular weight excluding hydrogens is 556 g/mol. The van der Waals surface area contributed by atoms with E-state index in [-0.39, 0.29) is 28.7 Å². The van der Waals surface area contributed by atoms with Crippen molar-refractivity contribution < 1.29 is 14.3 Å². The minimum absolute atomic E-state index is 0.138. The quantitative estimate of drug-likeness (QED) is 0.300. The zero-order chi connectivity index (χ0) is 25.1. The highest BCUT2D eigenvalue weighted by Gasteiger charge is 2.35. The van der Waals surface area contributed by atoms with Crippen LogP contribution in [0.15, 0.2) is 51.7 Å². The number of aromatic nitrogens is 2. The third-order valence-electron chi connectivity index (χ3n) is 5.17. The number of aryl methyl sites for hydroxylation is 1. The first-order valence-corrected chi connectivity index (χ1v) is 12.6. The summed E-state index contributed by atoms with van der Waals surface area (Å²) in [7, 11) is 1.59. The second-order valence-electron chi connectivity index (χ2n) is 7.48. The number of ether oxygens (including phenoxy) is 1. The number of thioether (sulfide) groups is 1. The lowest BCUT2D eigenvalue weighted by Crippen LogP contribution is -2.50. The van der Waals surface area contributed by atoms with E-state index in [1.165, 1.54) is 16.7 Å². The molecule has 1 saturated heterocycles. The van der Waals surface area contributed by atoms with Gasteiger partial charge < -0.3 is 4.74 Å². The lowest BCUT2D eigenvalue weighted by molar-refractivity contribution is -0.124. The standard InChI is InChI=1S/C22H21BrN6O4S2/c1-12-25-17-8-5-14(23)9-16(17)20(32)29(12)27-18(30)10-24-26-22(34)28-19(31)11-35-21(28)13-3-6-15(33-2)7-4-13/h3-9,21,24H,10-11H2,1-2H3,(H,26,34)(H,27,30). The summed E-state index contributed by atoms with van der Waals surface area (Å²) in [5, 5.41) is 0.208. The van der Waals surface area contributed by atoms with Crippen molar-refractivity contribution in [1.29, 1.82) is 0 Å². The summed E-state index contributed by atoms with van der Waals surface area (Å²) in [5.41, 5.74) is 9.01. The highest BCUT2D eigenvalue weighted by atomic mass is 79.9. The van der Waals surface area contributed by atoms with Gasteiger partial charge in [0.25, 0.3) is 11.5 Å². The number of benzene rings is 2. The highest BCUT2D eigenvalue weighted by molar-refractivity contribution is 9.10. The minimum Gasteiger partial charge on any atom is -0.497 e. The van der Waals surface area contributed by atoms with E-state index in [4.69, 9.17) is 17.0 Å². The molecule has 0 aliphatic carbocycles. The van der Waals surface area contributed by atoms with Crippen molar-refractivity contribution in [3.05, 3.63) is 68.7 Å². The van der Waals surface area contributed by atoms with Crippen LogP contribution in [0.4, 0.5) is 0 Å². The summed E-state index contributed by atoms with van der Waals surface area (Å²) in [6.07, 6.45) is 0. The molecule has 0 bridgehead atoms. The number of hydrogen-bond acceptors (Lipinski definition) is 8. The molecule has 2 heterocycles. The number of thiocarbonyl (C=S) groups is 1. The molecule has 1 aliphatic rings. The van der Waals surface area contributed by atoms with E-state index < -0.39 is 11.5 Å².